The van der Waals surface area contributed by atoms with Crippen molar-refractivity contribution in [3.63, 3.8) is 0 Å². The molecule has 4 aromatic rings. The highest BCUT2D eigenvalue weighted by atomic mass is 19.4. The fourth-order valence-electron chi connectivity index (χ4n) is 2.82. The van der Waals surface area contributed by atoms with Crippen LogP contribution in [0.2, 0.25) is 0 Å². The van der Waals surface area contributed by atoms with Gasteiger partial charge in [0.2, 0.25) is 0 Å². The van der Waals surface area contributed by atoms with Crippen LogP contribution < -0.4 is 10.6 Å². The molecular formula is C21H13F3N4O3. The summed E-state index contributed by atoms with van der Waals surface area (Å²) in [6.45, 7) is 0. The van der Waals surface area contributed by atoms with Gasteiger partial charge < -0.3 is 15.1 Å². The summed E-state index contributed by atoms with van der Waals surface area (Å²) < 4.78 is 45.7. The van der Waals surface area contributed by atoms with Crippen molar-refractivity contribution in [3.8, 4) is 0 Å². The Morgan fingerprint density at radius 3 is 2.39 bits per heavy atom. The van der Waals surface area contributed by atoms with Crippen LogP contribution in [0, 0.1) is 0 Å². The van der Waals surface area contributed by atoms with Gasteiger partial charge >= 0.3 is 6.18 Å². The van der Waals surface area contributed by atoms with E-state index in [1.807, 2.05) is 0 Å². The van der Waals surface area contributed by atoms with Crippen LogP contribution in [0.25, 0.3) is 11.0 Å². The molecule has 2 aromatic heterocycles. The van der Waals surface area contributed by atoms with Crippen molar-refractivity contribution >= 4 is 34.2 Å². The summed E-state index contributed by atoms with van der Waals surface area (Å²) in [5, 5.41) is 4.53. The van der Waals surface area contributed by atoms with Crippen LogP contribution in [-0.2, 0) is 6.18 Å². The van der Waals surface area contributed by atoms with Gasteiger partial charge in [-0.3, -0.25) is 14.6 Å². The topological polar surface area (TPSA) is 97.1 Å². The Hall–Kier alpha value is -4.21. The zero-order chi connectivity index (χ0) is 22.0. The highest BCUT2D eigenvalue weighted by Crippen LogP contribution is 2.37. The first-order valence-corrected chi connectivity index (χ1v) is 8.90. The number of hydrogen-bond donors (Lipinski definition) is 2. The van der Waals surface area contributed by atoms with E-state index in [0.29, 0.717) is 11.0 Å². The average molecular weight is 426 g/mol. The Balaban J connectivity index is 1.60. The quantitative estimate of drug-likeness (QED) is 0.491. The Morgan fingerprint density at radius 2 is 1.68 bits per heavy atom. The second-order valence-electron chi connectivity index (χ2n) is 6.39. The first kappa shape index (κ1) is 20.1. The van der Waals surface area contributed by atoms with Crippen molar-refractivity contribution in [3.05, 3.63) is 84.1 Å². The number of fused-ring (bicyclic) bond motifs is 1. The van der Waals surface area contributed by atoms with Crippen molar-refractivity contribution in [2.24, 2.45) is 0 Å². The molecule has 10 heteroatoms. The molecule has 0 spiro atoms. The molecule has 4 rings (SSSR count). The molecule has 2 amide bonds. The number of rotatable bonds is 4. The first-order valence-electron chi connectivity index (χ1n) is 8.90. The summed E-state index contributed by atoms with van der Waals surface area (Å²) in [5.41, 5.74) is -0.886. The maximum absolute atomic E-state index is 13.6. The monoisotopic (exact) mass is 426 g/mol. The minimum atomic E-state index is -4.79. The largest absolute Gasteiger partial charge is 0.459 e. The molecule has 0 aliphatic heterocycles. The number of benzene rings is 2. The van der Waals surface area contributed by atoms with Crippen LogP contribution in [0.4, 0.5) is 24.5 Å². The Bertz CT molecular complexity index is 1270. The molecular weight excluding hydrogens is 413 g/mol. The summed E-state index contributed by atoms with van der Waals surface area (Å²) in [4.78, 5) is 32.7. The van der Waals surface area contributed by atoms with E-state index >= 15 is 0 Å². The number of alkyl halides is 3. The molecule has 0 unspecified atom stereocenters. The zero-order valence-corrected chi connectivity index (χ0v) is 15.6. The molecule has 2 N–H and O–H groups in total. The summed E-state index contributed by atoms with van der Waals surface area (Å²) in [7, 11) is 0. The number of nitrogens with one attached hydrogen (secondary N) is 2. The summed E-state index contributed by atoms with van der Waals surface area (Å²) >= 11 is 0. The van der Waals surface area contributed by atoms with E-state index in [9.17, 15) is 22.8 Å². The number of amides is 2. The normalized spacial score (nSPS) is 11.3. The fraction of sp³-hybridized carbons (Fsp3) is 0.0476. The van der Waals surface area contributed by atoms with Gasteiger partial charge in [-0.25, -0.2) is 4.98 Å². The number of anilines is 2. The zero-order valence-electron chi connectivity index (χ0n) is 15.6. The highest BCUT2D eigenvalue weighted by Gasteiger charge is 2.34. The number of halogens is 3. The van der Waals surface area contributed by atoms with Gasteiger partial charge in [-0.15, -0.1) is 0 Å². The Morgan fingerprint density at radius 1 is 0.903 bits per heavy atom. The lowest BCUT2D eigenvalue weighted by atomic mass is 10.1. The molecule has 156 valence electrons. The van der Waals surface area contributed by atoms with E-state index in [4.69, 9.17) is 4.42 Å². The first-order chi connectivity index (χ1) is 14.8. The number of para-hydroxylation sites is 2. The molecule has 31 heavy (non-hydrogen) atoms. The SMILES string of the molecule is O=C(Nc1ccc(NC(=O)c2ccco2)cc1C(F)(F)F)c1cnc2ccccc2n1. The standard InChI is InChI=1S/C21H13F3N4O3/c22-21(23,24)13-10-12(26-20(30)18-6-3-9-31-18)7-8-14(13)28-19(29)17-11-25-15-4-1-2-5-16(15)27-17/h1-11H,(H,26,30)(H,28,29). The molecule has 0 radical (unpaired) electrons. The number of nitrogens with zero attached hydrogens (tertiary/aromatic N) is 2. The lowest BCUT2D eigenvalue weighted by Gasteiger charge is -2.15. The third-order valence-electron chi connectivity index (χ3n) is 4.26. The van der Waals surface area contributed by atoms with Gasteiger partial charge in [0, 0.05) is 5.69 Å². The van der Waals surface area contributed by atoms with Crippen LogP contribution >= 0.6 is 0 Å². The molecule has 2 heterocycles. The minimum Gasteiger partial charge on any atom is -0.459 e. The molecule has 0 aliphatic rings. The van der Waals surface area contributed by atoms with Crippen LogP contribution in [0.1, 0.15) is 26.6 Å². The van der Waals surface area contributed by atoms with Crippen LogP contribution in [-0.4, -0.2) is 21.8 Å². The lowest BCUT2D eigenvalue weighted by Crippen LogP contribution is -2.19. The van der Waals surface area contributed by atoms with Gasteiger partial charge in [0.25, 0.3) is 11.8 Å². The lowest BCUT2D eigenvalue weighted by molar-refractivity contribution is -0.136. The summed E-state index contributed by atoms with van der Waals surface area (Å²) in [5.74, 6) is -1.61. The smallest absolute Gasteiger partial charge is 0.418 e. The van der Waals surface area contributed by atoms with E-state index in [1.54, 1.807) is 24.3 Å². The highest BCUT2D eigenvalue weighted by molar-refractivity contribution is 6.05. The molecule has 0 aliphatic carbocycles. The maximum atomic E-state index is 13.6. The fourth-order valence-corrected chi connectivity index (χ4v) is 2.82. The molecule has 0 saturated heterocycles. The predicted octanol–water partition coefficient (Wildman–Crippen LogP) is 4.75. The van der Waals surface area contributed by atoms with Gasteiger partial charge in [-0.2, -0.15) is 13.2 Å². The van der Waals surface area contributed by atoms with E-state index < -0.39 is 29.2 Å². The van der Waals surface area contributed by atoms with E-state index in [2.05, 4.69) is 20.6 Å². The van der Waals surface area contributed by atoms with E-state index in [0.717, 1.165) is 12.1 Å². The van der Waals surface area contributed by atoms with E-state index in [-0.39, 0.29) is 17.1 Å². The predicted molar refractivity (Wildman–Crippen MR) is 106 cm³/mol. The average Bonchev–Trinajstić information content (AvgIpc) is 3.29. The van der Waals surface area contributed by atoms with E-state index in [1.165, 1.54) is 30.7 Å². The molecule has 0 fully saturated rings. The number of carbonyl (C=O) groups excluding carboxylic acids is 2. The van der Waals surface area contributed by atoms with Crippen molar-refractivity contribution in [2.75, 3.05) is 10.6 Å². The van der Waals surface area contributed by atoms with Crippen LogP contribution in [0.3, 0.4) is 0 Å². The van der Waals surface area contributed by atoms with Gasteiger partial charge in [0.15, 0.2) is 5.76 Å². The van der Waals surface area contributed by atoms with Crippen LogP contribution in [0.15, 0.2) is 71.5 Å². The Labute approximate surface area is 172 Å². The minimum absolute atomic E-state index is 0.0548. The summed E-state index contributed by atoms with van der Waals surface area (Å²) in [6.07, 6.45) is -2.34. The molecule has 7 nitrogen and oxygen atoms in total. The molecule has 0 saturated carbocycles. The second-order valence-corrected chi connectivity index (χ2v) is 6.39. The van der Waals surface area contributed by atoms with Crippen molar-refractivity contribution in [1.29, 1.82) is 0 Å². The van der Waals surface area contributed by atoms with Crippen LogP contribution in [0.5, 0.6) is 0 Å². The van der Waals surface area contributed by atoms with Crippen molar-refractivity contribution in [1.82, 2.24) is 9.97 Å². The maximum Gasteiger partial charge on any atom is 0.418 e. The molecule has 2 aromatic carbocycles. The van der Waals surface area contributed by atoms with Gasteiger partial charge in [0.1, 0.15) is 5.69 Å². The second kappa shape index (κ2) is 7.90. The number of carbonyl (C=O) groups is 2. The third kappa shape index (κ3) is 4.37. The summed E-state index contributed by atoms with van der Waals surface area (Å²) in [6, 6.07) is 12.6. The van der Waals surface area contributed by atoms with Gasteiger partial charge in [0.05, 0.1) is 34.7 Å². The van der Waals surface area contributed by atoms with Crippen molar-refractivity contribution in [2.45, 2.75) is 6.18 Å². The molecule has 0 bridgehead atoms. The third-order valence-corrected chi connectivity index (χ3v) is 4.26. The van der Waals surface area contributed by atoms with Gasteiger partial charge in [-0.1, -0.05) is 12.1 Å². The van der Waals surface area contributed by atoms with Crippen molar-refractivity contribution < 1.29 is 27.2 Å². The number of aromatic nitrogens is 2. The Kier molecular flexibility index (Phi) is 5.12. The van der Waals surface area contributed by atoms with Gasteiger partial charge in [-0.05, 0) is 42.5 Å². The number of furan rings is 1. The number of hydrogen-bond acceptors (Lipinski definition) is 5. The molecule has 0 atom stereocenters.